The predicted octanol–water partition coefficient (Wildman–Crippen LogP) is 3.56. The molecule has 0 saturated heterocycles. The maximum Gasteiger partial charge on any atom is 0.338 e. The smallest absolute Gasteiger partial charge is 0.338 e. The van der Waals surface area contributed by atoms with Crippen molar-refractivity contribution in [3.8, 4) is 0 Å². The fraction of sp³-hybridized carbons (Fsp3) is 0.421. The molecule has 2 aromatic rings. The number of benzene rings is 1. The zero-order valence-electron chi connectivity index (χ0n) is 15.3. The molecule has 6 nitrogen and oxygen atoms in total. The summed E-state index contributed by atoms with van der Waals surface area (Å²) in [5, 5.41) is 6.71. The molecule has 0 aliphatic heterocycles. The number of hydrogen-bond acceptors (Lipinski definition) is 5. The summed E-state index contributed by atoms with van der Waals surface area (Å²) in [4.78, 5) is 24.1. The number of carbonyl (C=O) groups is 2. The van der Waals surface area contributed by atoms with Gasteiger partial charge in [0.2, 0.25) is 5.91 Å². The number of aryl methyl sites for hydroxylation is 1. The number of hydrogen-bond donors (Lipinski definition) is 1. The molecule has 1 heterocycles. The molecule has 1 atom stereocenters. The lowest BCUT2D eigenvalue weighted by Crippen LogP contribution is -2.34. The van der Waals surface area contributed by atoms with E-state index in [2.05, 4.69) is 10.5 Å². The van der Waals surface area contributed by atoms with Crippen LogP contribution in [0.1, 0.15) is 61.2 Å². The number of nitrogens with zero attached hydrogens (tertiary/aromatic N) is 1. The Bertz CT molecular complexity index is 742. The molecule has 0 aliphatic carbocycles. The second kappa shape index (κ2) is 7.51. The molecular formula is C19H24N2O4. The third-order valence-corrected chi connectivity index (χ3v) is 3.67. The predicted molar refractivity (Wildman–Crippen MR) is 92.8 cm³/mol. The molecule has 0 spiro atoms. The van der Waals surface area contributed by atoms with Gasteiger partial charge in [0.25, 0.3) is 0 Å². The highest BCUT2D eigenvalue weighted by Gasteiger charge is 2.20. The van der Waals surface area contributed by atoms with Gasteiger partial charge in [-0.3, -0.25) is 4.79 Å². The van der Waals surface area contributed by atoms with Crippen LogP contribution in [0.5, 0.6) is 0 Å². The SMILES string of the molecule is Cc1cc([C@H](C)OC(=O)c2ccc(CNC(=O)C(C)(C)C)cc2)no1. The van der Waals surface area contributed by atoms with E-state index in [-0.39, 0.29) is 5.91 Å². The third-order valence-electron chi connectivity index (χ3n) is 3.67. The average Bonchev–Trinajstić information content (AvgIpc) is 2.98. The Balaban J connectivity index is 1.92. The summed E-state index contributed by atoms with van der Waals surface area (Å²) in [5.41, 5.74) is 1.50. The minimum absolute atomic E-state index is 0.0206. The van der Waals surface area contributed by atoms with Gasteiger partial charge in [-0.05, 0) is 31.5 Å². The molecule has 0 unspecified atom stereocenters. The molecule has 0 bridgehead atoms. The zero-order valence-corrected chi connectivity index (χ0v) is 15.3. The van der Waals surface area contributed by atoms with Crippen LogP contribution >= 0.6 is 0 Å². The summed E-state index contributed by atoms with van der Waals surface area (Å²) < 4.78 is 10.4. The van der Waals surface area contributed by atoms with Gasteiger partial charge in [0.05, 0.1) is 5.56 Å². The lowest BCUT2D eigenvalue weighted by Gasteiger charge is -2.17. The van der Waals surface area contributed by atoms with Crippen LogP contribution in [0.25, 0.3) is 0 Å². The molecule has 1 aromatic heterocycles. The quantitative estimate of drug-likeness (QED) is 0.839. The van der Waals surface area contributed by atoms with Crippen molar-refractivity contribution in [3.63, 3.8) is 0 Å². The van der Waals surface area contributed by atoms with Gasteiger partial charge in [0, 0.05) is 18.0 Å². The molecule has 6 heteroatoms. The van der Waals surface area contributed by atoms with E-state index in [1.165, 1.54) is 0 Å². The van der Waals surface area contributed by atoms with Gasteiger partial charge >= 0.3 is 5.97 Å². The number of ether oxygens (including phenoxy) is 1. The average molecular weight is 344 g/mol. The molecule has 25 heavy (non-hydrogen) atoms. The van der Waals surface area contributed by atoms with E-state index in [1.54, 1.807) is 44.2 Å². The van der Waals surface area contributed by atoms with Crippen molar-refractivity contribution in [1.82, 2.24) is 10.5 Å². The van der Waals surface area contributed by atoms with E-state index in [4.69, 9.17) is 9.26 Å². The van der Waals surface area contributed by atoms with E-state index in [0.717, 1.165) is 5.56 Å². The van der Waals surface area contributed by atoms with Crippen molar-refractivity contribution in [1.29, 1.82) is 0 Å². The maximum atomic E-state index is 12.2. The lowest BCUT2D eigenvalue weighted by molar-refractivity contribution is -0.128. The maximum absolute atomic E-state index is 12.2. The largest absolute Gasteiger partial charge is 0.452 e. The first-order valence-electron chi connectivity index (χ1n) is 8.18. The number of carbonyl (C=O) groups excluding carboxylic acids is 2. The minimum atomic E-state index is -0.490. The summed E-state index contributed by atoms with van der Waals surface area (Å²) >= 11 is 0. The van der Waals surface area contributed by atoms with E-state index >= 15 is 0 Å². The van der Waals surface area contributed by atoms with E-state index in [1.807, 2.05) is 20.8 Å². The summed E-state index contributed by atoms with van der Waals surface area (Å²) in [6, 6.07) is 8.69. The number of nitrogens with one attached hydrogen (secondary N) is 1. The molecular weight excluding hydrogens is 320 g/mol. The number of amides is 1. The van der Waals surface area contributed by atoms with Crippen molar-refractivity contribution < 1.29 is 18.8 Å². The van der Waals surface area contributed by atoms with E-state index in [0.29, 0.717) is 23.6 Å². The number of aromatic nitrogens is 1. The molecule has 0 saturated carbocycles. The Hall–Kier alpha value is -2.63. The molecule has 1 aromatic carbocycles. The molecule has 1 N–H and O–H groups in total. The van der Waals surface area contributed by atoms with Crippen molar-refractivity contribution in [2.45, 2.75) is 47.3 Å². The second-order valence-electron chi connectivity index (χ2n) is 7.04. The van der Waals surface area contributed by atoms with Crippen molar-refractivity contribution >= 4 is 11.9 Å². The Morgan fingerprint density at radius 1 is 1.24 bits per heavy atom. The van der Waals surface area contributed by atoms with Gasteiger partial charge in [-0.15, -0.1) is 0 Å². The standard InChI is InChI=1S/C19H24N2O4/c1-12-10-16(21-25-12)13(2)24-17(22)15-8-6-14(7-9-15)11-20-18(23)19(3,4)5/h6-10,13H,11H2,1-5H3,(H,20,23)/t13-/m0/s1. The van der Waals surface area contributed by atoms with Crippen LogP contribution in [-0.2, 0) is 16.1 Å². The third kappa shape index (κ3) is 5.17. The Labute approximate surface area is 147 Å². The van der Waals surface area contributed by atoms with Gasteiger partial charge in [-0.1, -0.05) is 38.1 Å². The van der Waals surface area contributed by atoms with Crippen molar-refractivity contribution in [2.24, 2.45) is 5.41 Å². The van der Waals surface area contributed by atoms with E-state index < -0.39 is 17.5 Å². The van der Waals surface area contributed by atoms with Gasteiger partial charge in [-0.2, -0.15) is 0 Å². The van der Waals surface area contributed by atoms with Crippen molar-refractivity contribution in [3.05, 3.63) is 52.9 Å². The van der Waals surface area contributed by atoms with E-state index in [9.17, 15) is 9.59 Å². The minimum Gasteiger partial charge on any atom is -0.452 e. The first-order valence-corrected chi connectivity index (χ1v) is 8.18. The first-order chi connectivity index (χ1) is 11.7. The Morgan fingerprint density at radius 2 is 1.88 bits per heavy atom. The summed E-state index contributed by atoms with van der Waals surface area (Å²) in [6.45, 7) is 9.52. The van der Waals surface area contributed by atoms with Gasteiger partial charge in [0.15, 0.2) is 0 Å². The monoisotopic (exact) mass is 344 g/mol. The van der Waals surface area contributed by atoms with Crippen LogP contribution < -0.4 is 5.32 Å². The summed E-state index contributed by atoms with van der Waals surface area (Å²) in [6.07, 6.45) is -0.490. The highest BCUT2D eigenvalue weighted by Crippen LogP contribution is 2.19. The highest BCUT2D eigenvalue weighted by molar-refractivity contribution is 5.89. The summed E-state index contributed by atoms with van der Waals surface area (Å²) in [5.74, 6) is 0.214. The first kappa shape index (κ1) is 18.7. The van der Waals surface area contributed by atoms with Crippen LogP contribution in [0.2, 0.25) is 0 Å². The number of esters is 1. The van der Waals surface area contributed by atoms with Crippen LogP contribution in [0.4, 0.5) is 0 Å². The van der Waals surface area contributed by atoms with Crippen molar-refractivity contribution in [2.75, 3.05) is 0 Å². The molecule has 1 amide bonds. The summed E-state index contributed by atoms with van der Waals surface area (Å²) in [7, 11) is 0. The van der Waals surface area contributed by atoms with Crippen LogP contribution in [0, 0.1) is 12.3 Å². The normalized spacial score (nSPS) is 12.5. The Kier molecular flexibility index (Phi) is 5.62. The molecule has 2 rings (SSSR count). The van der Waals surface area contributed by atoms with Crippen LogP contribution in [-0.4, -0.2) is 17.0 Å². The van der Waals surface area contributed by atoms with Gasteiger partial charge in [0.1, 0.15) is 17.6 Å². The Morgan fingerprint density at radius 3 is 2.40 bits per heavy atom. The fourth-order valence-electron chi connectivity index (χ4n) is 2.07. The highest BCUT2D eigenvalue weighted by atomic mass is 16.5. The van der Waals surface area contributed by atoms with Gasteiger partial charge in [-0.25, -0.2) is 4.79 Å². The molecule has 134 valence electrons. The topological polar surface area (TPSA) is 81.4 Å². The zero-order chi connectivity index (χ0) is 18.6. The second-order valence-corrected chi connectivity index (χ2v) is 7.04. The lowest BCUT2D eigenvalue weighted by atomic mass is 9.95. The molecule has 0 fully saturated rings. The van der Waals surface area contributed by atoms with Gasteiger partial charge < -0.3 is 14.6 Å². The number of rotatable bonds is 5. The fourth-order valence-corrected chi connectivity index (χ4v) is 2.07. The van der Waals surface area contributed by atoms with Crippen LogP contribution in [0.15, 0.2) is 34.9 Å². The van der Waals surface area contributed by atoms with Crippen LogP contribution in [0.3, 0.4) is 0 Å². The molecule has 0 aliphatic rings. The molecule has 0 radical (unpaired) electrons.